The van der Waals surface area contributed by atoms with Gasteiger partial charge in [-0.2, -0.15) is 0 Å². The van der Waals surface area contributed by atoms with Gasteiger partial charge < -0.3 is 15.4 Å². The Kier molecular flexibility index (Phi) is 5.48. The van der Waals surface area contributed by atoms with E-state index in [2.05, 4.69) is 23.6 Å². The Bertz CT molecular complexity index is 488. The molecule has 1 aliphatic rings. The van der Waals surface area contributed by atoms with E-state index in [1.165, 1.54) is 5.56 Å². The number of hydrogen-bond acceptors (Lipinski definition) is 3. The fourth-order valence-corrected chi connectivity index (χ4v) is 2.69. The van der Waals surface area contributed by atoms with Crippen molar-refractivity contribution >= 4 is 11.6 Å². The number of amides is 1. The van der Waals surface area contributed by atoms with E-state index in [0.29, 0.717) is 0 Å². The number of carbonyl (C=O) groups excluding carboxylic acids is 1. The van der Waals surface area contributed by atoms with Crippen LogP contribution in [-0.4, -0.2) is 24.6 Å². The highest BCUT2D eigenvalue weighted by atomic mass is 16.5. The number of benzene rings is 1. The molecular weight excluding hydrogens is 264 g/mol. The molecule has 2 N–H and O–H groups in total. The third-order valence-corrected chi connectivity index (χ3v) is 3.82. The zero-order valence-corrected chi connectivity index (χ0v) is 13.2. The topological polar surface area (TPSA) is 50.4 Å². The van der Waals surface area contributed by atoms with E-state index in [1.807, 2.05) is 19.1 Å². The van der Waals surface area contributed by atoms with E-state index in [0.717, 1.165) is 43.7 Å². The molecule has 4 nitrogen and oxygen atoms in total. The predicted octanol–water partition coefficient (Wildman–Crippen LogP) is 3.12. The maximum Gasteiger partial charge on any atom is 0.260 e. The first-order chi connectivity index (χ1) is 10.1. The summed E-state index contributed by atoms with van der Waals surface area (Å²) in [6, 6.07) is 6.22. The molecule has 0 fully saturated rings. The second kappa shape index (κ2) is 7.34. The van der Waals surface area contributed by atoms with Crippen LogP contribution in [0.25, 0.3) is 0 Å². The molecule has 116 valence electrons. The van der Waals surface area contributed by atoms with Gasteiger partial charge in [0.1, 0.15) is 5.75 Å². The summed E-state index contributed by atoms with van der Waals surface area (Å²) in [4.78, 5) is 12.1. The van der Waals surface area contributed by atoms with Gasteiger partial charge in [0, 0.05) is 12.6 Å². The lowest BCUT2D eigenvalue weighted by Gasteiger charge is -2.24. The van der Waals surface area contributed by atoms with Crippen LogP contribution in [0.15, 0.2) is 18.2 Å². The molecule has 2 rings (SSSR count). The minimum Gasteiger partial charge on any atom is -0.479 e. The number of hydrogen-bond donors (Lipinski definition) is 2. The van der Waals surface area contributed by atoms with Crippen molar-refractivity contribution in [1.82, 2.24) is 5.32 Å². The number of carbonyl (C=O) groups is 1. The molecule has 0 aliphatic carbocycles. The molecule has 21 heavy (non-hydrogen) atoms. The average molecular weight is 290 g/mol. The lowest BCUT2D eigenvalue weighted by Crippen LogP contribution is -2.41. The van der Waals surface area contributed by atoms with Crippen LogP contribution < -0.4 is 15.4 Å². The number of rotatable bonds is 6. The first-order valence-electron chi connectivity index (χ1n) is 7.94. The van der Waals surface area contributed by atoms with Crippen molar-refractivity contribution in [3.8, 4) is 5.75 Å². The molecule has 1 aliphatic heterocycles. The number of anilines is 1. The summed E-state index contributed by atoms with van der Waals surface area (Å²) >= 11 is 0. The number of nitrogens with one attached hydrogen (secondary N) is 2. The van der Waals surface area contributed by atoms with E-state index in [-0.39, 0.29) is 11.9 Å². The van der Waals surface area contributed by atoms with Crippen molar-refractivity contribution in [1.29, 1.82) is 0 Å². The van der Waals surface area contributed by atoms with Gasteiger partial charge in [-0.3, -0.25) is 4.79 Å². The second-order valence-corrected chi connectivity index (χ2v) is 5.78. The van der Waals surface area contributed by atoms with Crippen LogP contribution in [0.1, 0.15) is 45.6 Å². The molecule has 2 atom stereocenters. The average Bonchev–Trinajstić information content (AvgIpc) is 2.47. The van der Waals surface area contributed by atoms with Crippen molar-refractivity contribution in [2.24, 2.45) is 0 Å². The zero-order valence-electron chi connectivity index (χ0n) is 13.2. The molecule has 0 radical (unpaired) electrons. The lowest BCUT2D eigenvalue weighted by atomic mass is 10.0. The summed E-state index contributed by atoms with van der Waals surface area (Å²) in [5, 5.41) is 6.38. The van der Waals surface area contributed by atoms with Crippen molar-refractivity contribution in [2.45, 2.75) is 58.6 Å². The molecule has 0 aromatic heterocycles. The Labute approximate surface area is 127 Å². The van der Waals surface area contributed by atoms with Crippen LogP contribution in [0.4, 0.5) is 5.69 Å². The normalized spacial score (nSPS) is 16.3. The van der Waals surface area contributed by atoms with Gasteiger partial charge in [0.05, 0.1) is 5.69 Å². The maximum atomic E-state index is 12.1. The largest absolute Gasteiger partial charge is 0.479 e. The summed E-state index contributed by atoms with van der Waals surface area (Å²) in [5.74, 6) is 0.724. The Balaban J connectivity index is 1.99. The molecular formula is C17H26N2O2. The Morgan fingerprint density at radius 3 is 3.00 bits per heavy atom. The standard InChI is InChI=1S/C17H26N2O2/c1-4-7-12(2)19-17(20)13(3)21-15-10-5-8-14-9-6-11-18-16(14)15/h5,8,10,12-13,18H,4,6-7,9,11H2,1-3H3,(H,19,20). The quantitative estimate of drug-likeness (QED) is 0.846. The van der Waals surface area contributed by atoms with E-state index >= 15 is 0 Å². The van der Waals surface area contributed by atoms with Gasteiger partial charge in [0.15, 0.2) is 6.10 Å². The Morgan fingerprint density at radius 1 is 1.43 bits per heavy atom. The zero-order chi connectivity index (χ0) is 15.2. The molecule has 4 heteroatoms. The van der Waals surface area contributed by atoms with Gasteiger partial charge in [-0.25, -0.2) is 0 Å². The molecule has 0 saturated carbocycles. The van der Waals surface area contributed by atoms with Crippen molar-refractivity contribution in [3.63, 3.8) is 0 Å². The smallest absolute Gasteiger partial charge is 0.260 e. The summed E-state index contributed by atoms with van der Waals surface area (Å²) in [7, 11) is 0. The van der Waals surface area contributed by atoms with E-state index in [4.69, 9.17) is 4.74 Å². The Morgan fingerprint density at radius 2 is 2.24 bits per heavy atom. The molecule has 0 bridgehead atoms. The Hall–Kier alpha value is -1.71. The van der Waals surface area contributed by atoms with Gasteiger partial charge in [-0.1, -0.05) is 25.5 Å². The van der Waals surface area contributed by atoms with Crippen molar-refractivity contribution in [3.05, 3.63) is 23.8 Å². The summed E-state index contributed by atoms with van der Waals surface area (Å²) < 4.78 is 5.88. The van der Waals surface area contributed by atoms with E-state index < -0.39 is 6.10 Å². The van der Waals surface area contributed by atoms with Crippen molar-refractivity contribution < 1.29 is 9.53 Å². The van der Waals surface area contributed by atoms with Crippen LogP contribution in [-0.2, 0) is 11.2 Å². The van der Waals surface area contributed by atoms with E-state index in [9.17, 15) is 4.79 Å². The molecule has 0 saturated heterocycles. The van der Waals surface area contributed by atoms with Gasteiger partial charge >= 0.3 is 0 Å². The molecule has 1 aromatic rings. The highest BCUT2D eigenvalue weighted by molar-refractivity contribution is 5.81. The van der Waals surface area contributed by atoms with Crippen LogP contribution >= 0.6 is 0 Å². The highest BCUT2D eigenvalue weighted by Crippen LogP contribution is 2.32. The number of ether oxygens (including phenoxy) is 1. The highest BCUT2D eigenvalue weighted by Gasteiger charge is 2.20. The van der Waals surface area contributed by atoms with Crippen LogP contribution in [0.2, 0.25) is 0 Å². The van der Waals surface area contributed by atoms with Gasteiger partial charge in [-0.15, -0.1) is 0 Å². The van der Waals surface area contributed by atoms with Crippen LogP contribution in [0.5, 0.6) is 5.75 Å². The van der Waals surface area contributed by atoms with Gasteiger partial charge in [0.2, 0.25) is 0 Å². The fraction of sp³-hybridized carbons (Fsp3) is 0.588. The monoisotopic (exact) mass is 290 g/mol. The SMILES string of the molecule is CCCC(C)NC(=O)C(C)Oc1cccc2c1NCCC2. The number of fused-ring (bicyclic) bond motifs is 1. The third-order valence-electron chi connectivity index (χ3n) is 3.82. The number of para-hydroxylation sites is 1. The molecule has 1 heterocycles. The van der Waals surface area contributed by atoms with Gasteiger partial charge in [-0.05, 0) is 44.7 Å². The summed E-state index contributed by atoms with van der Waals surface area (Å²) in [5.41, 5.74) is 2.32. The maximum absolute atomic E-state index is 12.1. The first kappa shape index (κ1) is 15.7. The third kappa shape index (κ3) is 4.13. The predicted molar refractivity (Wildman–Crippen MR) is 85.9 cm³/mol. The summed E-state index contributed by atoms with van der Waals surface area (Å²) in [6.07, 6.45) is 3.77. The molecule has 2 unspecified atom stereocenters. The van der Waals surface area contributed by atoms with Crippen molar-refractivity contribution in [2.75, 3.05) is 11.9 Å². The molecule has 1 aromatic carbocycles. The van der Waals surface area contributed by atoms with E-state index in [1.54, 1.807) is 6.92 Å². The molecule has 1 amide bonds. The summed E-state index contributed by atoms with van der Waals surface area (Å²) in [6.45, 7) is 6.91. The number of aryl methyl sites for hydroxylation is 1. The van der Waals surface area contributed by atoms with Crippen LogP contribution in [0, 0.1) is 0 Å². The first-order valence-corrected chi connectivity index (χ1v) is 7.94. The minimum atomic E-state index is -0.487. The fourth-order valence-electron chi connectivity index (χ4n) is 2.69. The molecule has 0 spiro atoms. The van der Waals surface area contributed by atoms with Crippen LogP contribution in [0.3, 0.4) is 0 Å². The lowest BCUT2D eigenvalue weighted by molar-refractivity contribution is -0.127. The second-order valence-electron chi connectivity index (χ2n) is 5.78. The minimum absolute atomic E-state index is 0.0515. The van der Waals surface area contributed by atoms with Gasteiger partial charge in [0.25, 0.3) is 5.91 Å².